The number of hydrogen-bond acceptors (Lipinski definition) is 4. The van der Waals surface area contributed by atoms with E-state index < -0.39 is 0 Å². The molecular weight excluding hydrogens is 302 g/mol. The summed E-state index contributed by atoms with van der Waals surface area (Å²) in [6.45, 7) is 0.575. The first-order valence-corrected chi connectivity index (χ1v) is 7.63. The van der Waals surface area contributed by atoms with E-state index in [1.165, 1.54) is 0 Å². The van der Waals surface area contributed by atoms with Crippen molar-refractivity contribution in [2.45, 2.75) is 6.54 Å². The van der Waals surface area contributed by atoms with Crippen LogP contribution < -0.4 is 10.2 Å². The van der Waals surface area contributed by atoms with Gasteiger partial charge in [0.1, 0.15) is 17.0 Å². The molecule has 0 aliphatic heterocycles. The van der Waals surface area contributed by atoms with E-state index in [0.29, 0.717) is 28.6 Å². The van der Waals surface area contributed by atoms with Crippen molar-refractivity contribution in [3.8, 4) is 5.75 Å². The highest BCUT2D eigenvalue weighted by Gasteiger charge is 2.12. The van der Waals surface area contributed by atoms with Crippen LogP contribution in [-0.4, -0.2) is 21.6 Å². The summed E-state index contributed by atoms with van der Waals surface area (Å²) in [7, 11) is 1.64. The van der Waals surface area contributed by atoms with Gasteiger partial charge in [-0.25, -0.2) is 9.97 Å². The van der Waals surface area contributed by atoms with E-state index in [0.717, 1.165) is 11.3 Å². The van der Waals surface area contributed by atoms with E-state index in [4.69, 9.17) is 4.74 Å². The predicted octanol–water partition coefficient (Wildman–Crippen LogP) is 3.00. The van der Waals surface area contributed by atoms with Gasteiger partial charge in [-0.3, -0.25) is 4.79 Å². The van der Waals surface area contributed by atoms with Gasteiger partial charge in [-0.05, 0) is 42.0 Å². The zero-order valence-electron chi connectivity index (χ0n) is 13.1. The third-order valence-corrected chi connectivity index (χ3v) is 4.07. The molecule has 3 aromatic heterocycles. The second kappa shape index (κ2) is 5.77. The SMILES string of the molecule is COc1ccc(Cn2c3ncccc3c(=O)c3cccnc32)cc1. The molecular formula is C19H15N3O2. The van der Waals surface area contributed by atoms with Crippen LogP contribution in [0.1, 0.15) is 5.56 Å². The molecule has 0 fully saturated rings. The van der Waals surface area contributed by atoms with Crippen molar-refractivity contribution >= 4 is 22.1 Å². The van der Waals surface area contributed by atoms with Crippen LogP contribution in [0.5, 0.6) is 5.75 Å². The summed E-state index contributed by atoms with van der Waals surface area (Å²) in [4.78, 5) is 21.5. The summed E-state index contributed by atoms with van der Waals surface area (Å²) in [5.41, 5.74) is 2.33. The maximum Gasteiger partial charge on any atom is 0.200 e. The Morgan fingerprint density at radius 1 is 0.917 bits per heavy atom. The molecule has 3 heterocycles. The van der Waals surface area contributed by atoms with Gasteiger partial charge >= 0.3 is 0 Å². The molecule has 4 aromatic rings. The van der Waals surface area contributed by atoms with E-state index in [1.54, 1.807) is 31.6 Å². The molecule has 0 unspecified atom stereocenters. The number of aromatic nitrogens is 3. The van der Waals surface area contributed by atoms with Gasteiger partial charge in [0.15, 0.2) is 5.43 Å². The zero-order valence-corrected chi connectivity index (χ0v) is 13.1. The van der Waals surface area contributed by atoms with Gasteiger partial charge in [-0.2, -0.15) is 0 Å². The smallest absolute Gasteiger partial charge is 0.200 e. The molecule has 1 aromatic carbocycles. The van der Waals surface area contributed by atoms with Crippen molar-refractivity contribution in [1.29, 1.82) is 0 Å². The summed E-state index contributed by atoms with van der Waals surface area (Å²) < 4.78 is 7.18. The highest BCUT2D eigenvalue weighted by Crippen LogP contribution is 2.19. The van der Waals surface area contributed by atoms with Gasteiger partial charge in [-0.15, -0.1) is 0 Å². The lowest BCUT2D eigenvalue weighted by molar-refractivity contribution is 0.414. The average Bonchev–Trinajstić information content (AvgIpc) is 2.65. The molecule has 118 valence electrons. The van der Waals surface area contributed by atoms with E-state index in [9.17, 15) is 4.79 Å². The zero-order chi connectivity index (χ0) is 16.5. The van der Waals surface area contributed by atoms with Crippen LogP contribution in [0.3, 0.4) is 0 Å². The Morgan fingerprint density at radius 3 is 2.04 bits per heavy atom. The molecule has 0 aliphatic rings. The molecule has 0 spiro atoms. The van der Waals surface area contributed by atoms with E-state index in [1.807, 2.05) is 41.0 Å². The minimum atomic E-state index is -0.0350. The van der Waals surface area contributed by atoms with Gasteiger partial charge in [0.2, 0.25) is 0 Å². The topological polar surface area (TPSA) is 57.0 Å². The van der Waals surface area contributed by atoms with Gasteiger partial charge in [-0.1, -0.05) is 12.1 Å². The largest absolute Gasteiger partial charge is 0.497 e. The third-order valence-electron chi connectivity index (χ3n) is 4.07. The van der Waals surface area contributed by atoms with Crippen molar-refractivity contribution in [3.63, 3.8) is 0 Å². The number of benzene rings is 1. The number of ether oxygens (including phenoxy) is 1. The van der Waals surface area contributed by atoms with Gasteiger partial charge in [0.25, 0.3) is 0 Å². The highest BCUT2D eigenvalue weighted by molar-refractivity contribution is 5.89. The quantitative estimate of drug-likeness (QED) is 0.545. The first-order chi connectivity index (χ1) is 11.8. The van der Waals surface area contributed by atoms with Gasteiger partial charge < -0.3 is 9.30 Å². The fraction of sp³-hybridized carbons (Fsp3) is 0.105. The van der Waals surface area contributed by atoms with Crippen LogP contribution in [0.25, 0.3) is 22.1 Å². The van der Waals surface area contributed by atoms with Crippen LogP contribution in [0.4, 0.5) is 0 Å². The second-order valence-corrected chi connectivity index (χ2v) is 5.51. The number of methoxy groups -OCH3 is 1. The Bertz CT molecular complexity index is 1030. The Kier molecular flexibility index (Phi) is 3.46. The minimum Gasteiger partial charge on any atom is -0.497 e. The molecule has 0 saturated carbocycles. The van der Waals surface area contributed by atoms with Crippen LogP contribution in [0.2, 0.25) is 0 Å². The Hall–Kier alpha value is -3.21. The highest BCUT2D eigenvalue weighted by atomic mass is 16.5. The molecule has 0 saturated heterocycles. The Morgan fingerprint density at radius 2 is 1.50 bits per heavy atom. The summed E-state index contributed by atoms with van der Waals surface area (Å²) in [5.74, 6) is 0.810. The van der Waals surface area contributed by atoms with Crippen LogP contribution in [-0.2, 0) is 6.54 Å². The molecule has 24 heavy (non-hydrogen) atoms. The van der Waals surface area contributed by atoms with E-state index >= 15 is 0 Å². The molecule has 0 aliphatic carbocycles. The predicted molar refractivity (Wildman–Crippen MR) is 93.4 cm³/mol. The lowest BCUT2D eigenvalue weighted by Crippen LogP contribution is -2.14. The number of fused-ring (bicyclic) bond motifs is 2. The minimum absolute atomic E-state index is 0.0350. The maximum absolute atomic E-state index is 12.7. The van der Waals surface area contributed by atoms with Crippen LogP contribution in [0, 0.1) is 0 Å². The van der Waals surface area contributed by atoms with Crippen LogP contribution in [0.15, 0.2) is 65.7 Å². The molecule has 0 N–H and O–H groups in total. The first-order valence-electron chi connectivity index (χ1n) is 7.63. The number of nitrogens with zero attached hydrogens (tertiary/aromatic N) is 3. The first kappa shape index (κ1) is 14.4. The standard InChI is InChI=1S/C19H15N3O2/c1-24-14-8-6-13(7-9-14)12-22-18-15(4-2-10-20-18)17(23)16-5-3-11-21-19(16)22/h2-11H,12H2,1H3. The van der Waals surface area contributed by atoms with Crippen molar-refractivity contribution in [2.24, 2.45) is 0 Å². The van der Waals surface area contributed by atoms with Crippen molar-refractivity contribution in [2.75, 3.05) is 7.11 Å². The Balaban J connectivity index is 1.97. The fourth-order valence-electron chi connectivity index (χ4n) is 2.89. The molecule has 0 radical (unpaired) electrons. The molecule has 0 bridgehead atoms. The summed E-state index contributed by atoms with van der Waals surface area (Å²) in [6.07, 6.45) is 3.39. The molecule has 0 atom stereocenters. The summed E-state index contributed by atoms with van der Waals surface area (Å²) in [5, 5.41) is 1.21. The second-order valence-electron chi connectivity index (χ2n) is 5.51. The van der Waals surface area contributed by atoms with Gasteiger partial charge in [0.05, 0.1) is 24.4 Å². The molecule has 5 nitrogen and oxygen atoms in total. The normalized spacial score (nSPS) is 11.0. The molecule has 4 rings (SSSR count). The van der Waals surface area contributed by atoms with E-state index in [-0.39, 0.29) is 5.43 Å². The summed E-state index contributed by atoms with van der Waals surface area (Å²) in [6, 6.07) is 15.0. The van der Waals surface area contributed by atoms with Gasteiger partial charge in [0, 0.05) is 12.4 Å². The average molecular weight is 317 g/mol. The molecule has 5 heteroatoms. The van der Waals surface area contributed by atoms with Crippen molar-refractivity contribution in [1.82, 2.24) is 14.5 Å². The lowest BCUT2D eigenvalue weighted by atomic mass is 10.1. The number of hydrogen-bond donors (Lipinski definition) is 0. The monoisotopic (exact) mass is 317 g/mol. The van der Waals surface area contributed by atoms with E-state index in [2.05, 4.69) is 9.97 Å². The Labute approximate surface area is 138 Å². The maximum atomic E-state index is 12.7. The third kappa shape index (κ3) is 2.31. The number of pyridine rings is 3. The van der Waals surface area contributed by atoms with Crippen molar-refractivity contribution < 1.29 is 4.74 Å². The lowest BCUT2D eigenvalue weighted by Gasteiger charge is -2.13. The van der Waals surface area contributed by atoms with Crippen molar-refractivity contribution in [3.05, 3.63) is 76.7 Å². The summed E-state index contributed by atoms with van der Waals surface area (Å²) >= 11 is 0. The fourth-order valence-corrected chi connectivity index (χ4v) is 2.89. The number of rotatable bonds is 3. The van der Waals surface area contributed by atoms with Crippen LogP contribution >= 0.6 is 0 Å². The molecule has 0 amide bonds.